The second-order valence-corrected chi connectivity index (χ2v) is 12.2. The minimum atomic E-state index is -4.98. The van der Waals surface area contributed by atoms with Crippen LogP contribution < -0.4 is 19.6 Å². The molecule has 17 nitrogen and oxygen atoms in total. The van der Waals surface area contributed by atoms with Gasteiger partial charge in [-0.1, -0.05) is 21.3 Å². The van der Waals surface area contributed by atoms with Gasteiger partial charge in [-0.25, -0.2) is 0 Å². The maximum atomic E-state index is 11.7. The second-order valence-electron chi connectivity index (χ2n) is 6.76. The summed E-state index contributed by atoms with van der Waals surface area (Å²) in [6.45, 7) is -1.47. The monoisotopic (exact) mass is 610 g/mol. The molecule has 220 valence electrons. The predicted molar refractivity (Wildman–Crippen MR) is 116 cm³/mol. The number of rotatable bonds is 22. The van der Waals surface area contributed by atoms with Gasteiger partial charge in [-0.05, 0) is 12.8 Å². The Morgan fingerprint density at radius 3 is 1.22 bits per heavy atom. The van der Waals surface area contributed by atoms with Crippen LogP contribution in [0.1, 0.15) is 34.1 Å². The van der Waals surface area contributed by atoms with Crippen molar-refractivity contribution in [3.63, 3.8) is 0 Å². The average Bonchev–Trinajstić information content (AvgIpc) is 2.74. The normalized spacial score (nSPS) is 20.2. The van der Waals surface area contributed by atoms with Crippen LogP contribution in [0.25, 0.3) is 0 Å². The molecule has 0 heterocycles. The molecular weight excluding hydrogens is 576 g/mol. The third-order valence-electron chi connectivity index (χ3n) is 3.99. The fraction of sp³-hybridized carbons (Fsp3) is 1.00. The number of phosphoric acid groups is 4. The van der Waals surface area contributed by atoms with Gasteiger partial charge in [-0.3, -0.25) is 18.3 Å². The van der Waals surface area contributed by atoms with E-state index in [1.165, 1.54) is 0 Å². The number of hydrogen-bond acceptors (Lipinski definition) is 16. The highest BCUT2D eigenvalue weighted by atomic mass is 31.2. The van der Waals surface area contributed by atoms with Gasteiger partial charge < -0.3 is 61.2 Å². The summed E-state index contributed by atoms with van der Waals surface area (Å²) in [5.41, 5.74) is 0. The first-order valence-corrected chi connectivity index (χ1v) is 16.0. The molecule has 6 unspecified atom stereocenters. The van der Waals surface area contributed by atoms with E-state index < -0.39 is 82.8 Å². The maximum Gasteiger partial charge on any atom is 0.268 e. The molecule has 36 heavy (non-hydrogen) atoms. The van der Waals surface area contributed by atoms with Crippen molar-refractivity contribution >= 4 is 31.3 Å². The summed E-state index contributed by atoms with van der Waals surface area (Å²) in [6, 6.07) is 0. The molecule has 0 saturated carbocycles. The highest BCUT2D eigenvalue weighted by Crippen LogP contribution is 2.42. The van der Waals surface area contributed by atoms with Gasteiger partial charge in [0.25, 0.3) is 31.3 Å². The molecule has 6 atom stereocenters. The van der Waals surface area contributed by atoms with Crippen molar-refractivity contribution < 1.29 is 79.5 Å². The number of phosphoric ester groups is 4. The molecule has 0 aromatic heterocycles. The number of hydrogen-bond donors (Lipinski definition) is 2. The van der Waals surface area contributed by atoms with E-state index in [2.05, 4.69) is 31.7 Å². The first-order valence-electron chi connectivity index (χ1n) is 10.1. The van der Waals surface area contributed by atoms with E-state index in [4.69, 9.17) is 10.00 Å². The summed E-state index contributed by atoms with van der Waals surface area (Å²) in [6.07, 6.45) is 0.693. The van der Waals surface area contributed by atoms with Crippen LogP contribution in [0.4, 0.5) is 0 Å². The van der Waals surface area contributed by atoms with Crippen molar-refractivity contribution in [3.05, 3.63) is 0 Å². The van der Waals surface area contributed by atoms with Crippen molar-refractivity contribution in [1.29, 1.82) is 0 Å². The lowest BCUT2D eigenvalue weighted by Crippen LogP contribution is -2.20. The predicted octanol–water partition coefficient (Wildman–Crippen LogP) is -0.351. The first-order chi connectivity index (χ1) is 16.0. The lowest BCUT2D eigenvalue weighted by molar-refractivity contribution is -0.236. The zero-order valence-electron chi connectivity index (χ0n) is 19.0. The lowest BCUT2D eigenvalue weighted by atomic mass is 10.1. The summed E-state index contributed by atoms with van der Waals surface area (Å²) < 4.78 is 76.1. The molecule has 0 saturated heterocycles. The Morgan fingerprint density at radius 1 is 0.611 bits per heavy atom. The molecule has 0 aromatic rings. The lowest BCUT2D eigenvalue weighted by Gasteiger charge is -2.27. The van der Waals surface area contributed by atoms with E-state index in [1.54, 1.807) is 13.8 Å². The standard InChI is InChI=1S/C14H34O17P4.CH4/c1-3-13(9-15)10-30-34(21,22)27-7-5-25-33(19,20)26-6-8-28-35(23,24)31-12-14(4-2)11-29-32(16,17)18;/h13-15H,3-12H2,1-2H3,(H,19,20)(H,21,22)(H,23,24)(H2,16,17,18);1H4/p-4. The van der Waals surface area contributed by atoms with E-state index in [1.807, 2.05) is 0 Å². The highest BCUT2D eigenvalue weighted by Gasteiger charge is 2.18. The Labute approximate surface area is 210 Å². The van der Waals surface area contributed by atoms with Crippen LogP contribution in [-0.4, -0.2) is 62.9 Å². The van der Waals surface area contributed by atoms with Gasteiger partial charge in [0.2, 0.25) is 0 Å². The second kappa shape index (κ2) is 18.6. The van der Waals surface area contributed by atoms with Crippen molar-refractivity contribution in [2.45, 2.75) is 34.1 Å². The SMILES string of the molecule is C.CCC(CO)COP(=O)([O-])OCCOP(=O)([O-])OCCOP(=O)([O-])OCC(CC)COP(=O)([O-])O. The van der Waals surface area contributed by atoms with Crippen molar-refractivity contribution in [3.8, 4) is 0 Å². The minimum absolute atomic E-state index is 0. The van der Waals surface area contributed by atoms with Crippen LogP contribution in [0, 0.1) is 11.8 Å². The minimum Gasteiger partial charge on any atom is -0.756 e. The van der Waals surface area contributed by atoms with Gasteiger partial charge in [0.1, 0.15) is 0 Å². The average molecular weight is 610 g/mol. The van der Waals surface area contributed by atoms with Gasteiger partial charge in [0.05, 0.1) is 46.2 Å². The molecule has 0 aliphatic heterocycles. The summed E-state index contributed by atoms with van der Waals surface area (Å²) in [5.74, 6) is -1.14. The topological polar surface area (TPSA) is 266 Å². The molecule has 0 fully saturated rings. The van der Waals surface area contributed by atoms with Crippen molar-refractivity contribution in [2.24, 2.45) is 11.8 Å². The molecule has 0 amide bonds. The third kappa shape index (κ3) is 21.3. The maximum absolute atomic E-state index is 11.7. The van der Waals surface area contributed by atoms with E-state index in [-0.39, 0.29) is 27.1 Å². The Bertz CT molecular complexity index is 769. The van der Waals surface area contributed by atoms with Crippen molar-refractivity contribution in [2.75, 3.05) is 52.9 Å². The Hall–Kier alpha value is 0.400. The largest absolute Gasteiger partial charge is 0.756 e. The number of aliphatic hydroxyl groups excluding tert-OH is 1. The van der Waals surface area contributed by atoms with E-state index in [9.17, 15) is 37.8 Å². The Morgan fingerprint density at radius 2 is 0.917 bits per heavy atom. The smallest absolute Gasteiger partial charge is 0.268 e. The van der Waals surface area contributed by atoms with Crippen LogP contribution in [0.3, 0.4) is 0 Å². The van der Waals surface area contributed by atoms with E-state index in [0.29, 0.717) is 6.42 Å². The molecule has 0 spiro atoms. The van der Waals surface area contributed by atoms with E-state index in [0.717, 1.165) is 0 Å². The van der Waals surface area contributed by atoms with Crippen LogP contribution >= 0.6 is 31.3 Å². The van der Waals surface area contributed by atoms with Crippen molar-refractivity contribution in [1.82, 2.24) is 0 Å². The van der Waals surface area contributed by atoms with Crippen LogP contribution in [0.5, 0.6) is 0 Å². The van der Waals surface area contributed by atoms with Gasteiger partial charge >= 0.3 is 0 Å². The van der Waals surface area contributed by atoms with Gasteiger partial charge in [-0.2, -0.15) is 0 Å². The first kappa shape index (κ1) is 38.5. The van der Waals surface area contributed by atoms with Gasteiger partial charge in [0.15, 0.2) is 0 Å². The fourth-order valence-corrected chi connectivity index (χ4v) is 4.49. The zero-order chi connectivity index (χ0) is 27.2. The van der Waals surface area contributed by atoms with E-state index >= 15 is 0 Å². The molecule has 0 aliphatic carbocycles. The molecule has 0 aliphatic rings. The summed E-state index contributed by atoms with van der Waals surface area (Å²) in [4.78, 5) is 53.9. The van der Waals surface area contributed by atoms with Crippen LogP contribution in [0.15, 0.2) is 0 Å². The summed E-state index contributed by atoms with van der Waals surface area (Å²) >= 11 is 0. The summed E-state index contributed by atoms with van der Waals surface area (Å²) in [7, 11) is -19.6. The molecule has 2 N–H and O–H groups in total. The van der Waals surface area contributed by atoms with Gasteiger partial charge in [-0.15, -0.1) is 0 Å². The molecule has 0 radical (unpaired) electrons. The zero-order valence-corrected chi connectivity index (χ0v) is 22.6. The summed E-state index contributed by atoms with van der Waals surface area (Å²) in [5, 5.41) is 8.97. The molecule has 21 heteroatoms. The third-order valence-corrected chi connectivity index (χ3v) is 7.39. The highest BCUT2D eigenvalue weighted by molar-refractivity contribution is 7.46. The van der Waals surface area contributed by atoms with Crippen LogP contribution in [-0.2, 0) is 49.9 Å². The molecule has 0 aromatic carbocycles. The quantitative estimate of drug-likeness (QED) is 0.117. The van der Waals surface area contributed by atoms with Crippen LogP contribution in [0.2, 0.25) is 0 Å². The van der Waals surface area contributed by atoms with Gasteiger partial charge in [0, 0.05) is 18.4 Å². The molecule has 0 bridgehead atoms. The fourth-order valence-electron chi connectivity index (χ4n) is 1.88. The number of aliphatic hydroxyl groups is 1. The molecular formula is C15H34O17P4-4. The Balaban J connectivity index is 0. The molecule has 0 rings (SSSR count). The Kier molecular flexibility index (Phi) is 20.0.